The molecule has 0 fully saturated rings. The van der Waals surface area contributed by atoms with Gasteiger partial charge in [0.2, 0.25) is 0 Å². The van der Waals surface area contributed by atoms with Crippen LogP contribution >= 0.6 is 23.1 Å². The Balaban J connectivity index is 1.81. The van der Waals surface area contributed by atoms with Crippen LogP contribution in [-0.2, 0) is 16.0 Å². The normalized spacial score (nSPS) is 13.1. The van der Waals surface area contributed by atoms with Crippen molar-refractivity contribution in [2.45, 2.75) is 81.9 Å². The topological polar surface area (TPSA) is 48.7 Å². The predicted molar refractivity (Wildman–Crippen MR) is 140 cm³/mol. The number of thioether (sulfide) groups is 1. The first-order valence-electron chi connectivity index (χ1n) is 11.8. The molecule has 0 radical (unpaired) electrons. The third-order valence-corrected chi connectivity index (χ3v) is 7.66. The van der Waals surface area contributed by atoms with Crippen LogP contribution in [0.4, 0.5) is 13.2 Å². The quantitative estimate of drug-likeness (QED) is 0.0992. The fourth-order valence-corrected chi connectivity index (χ4v) is 6.33. The van der Waals surface area contributed by atoms with E-state index in [0.717, 1.165) is 40.5 Å². The summed E-state index contributed by atoms with van der Waals surface area (Å²) < 4.78 is 54.9. The summed E-state index contributed by atoms with van der Waals surface area (Å²) in [6, 6.07) is 8.93. The molecular formula is C27H31F3O4S2. The molecule has 9 heteroatoms. The van der Waals surface area contributed by atoms with E-state index in [2.05, 4.69) is 18.2 Å². The first-order chi connectivity index (χ1) is 16.9. The number of hydrogen-bond donors (Lipinski definition) is 0. The van der Waals surface area contributed by atoms with Crippen LogP contribution in [-0.4, -0.2) is 23.2 Å². The Kier molecular flexibility index (Phi) is 9.22. The lowest BCUT2D eigenvalue weighted by molar-refractivity contribution is -0.274. The maximum Gasteiger partial charge on any atom is 0.573 e. The van der Waals surface area contributed by atoms with Crippen LogP contribution in [0.3, 0.4) is 0 Å². The van der Waals surface area contributed by atoms with Gasteiger partial charge in [-0.25, -0.2) is 4.79 Å². The van der Waals surface area contributed by atoms with Crippen LogP contribution in [0.1, 0.15) is 58.3 Å². The molecular weight excluding hydrogens is 509 g/mol. The summed E-state index contributed by atoms with van der Waals surface area (Å²) in [5.41, 5.74) is -0.0684. The molecule has 0 saturated heterocycles. The Bertz CT molecular complexity index is 1190. The third-order valence-electron chi connectivity index (χ3n) is 5.38. The van der Waals surface area contributed by atoms with Crippen molar-refractivity contribution in [1.29, 1.82) is 0 Å². The zero-order valence-corrected chi connectivity index (χ0v) is 22.5. The van der Waals surface area contributed by atoms with Gasteiger partial charge in [0.1, 0.15) is 21.8 Å². The van der Waals surface area contributed by atoms with E-state index in [-0.39, 0.29) is 11.0 Å². The minimum absolute atomic E-state index is 0.124. The number of halogens is 3. The number of esters is 1. The highest BCUT2D eigenvalue weighted by Gasteiger charge is 2.34. The lowest BCUT2D eigenvalue weighted by atomic mass is 10.0. The number of fused-ring (bicyclic) bond motifs is 1. The molecule has 36 heavy (non-hydrogen) atoms. The van der Waals surface area contributed by atoms with Crippen LogP contribution in [0.25, 0.3) is 21.6 Å². The molecule has 1 atom stereocenters. The number of thiophene rings is 1. The number of rotatable bonds is 12. The Morgan fingerprint density at radius 3 is 2.64 bits per heavy atom. The van der Waals surface area contributed by atoms with Crippen molar-refractivity contribution in [2.75, 3.05) is 0 Å². The number of carbonyl (C=O) groups excluding carboxylic acids is 1. The van der Waals surface area contributed by atoms with Crippen LogP contribution in [0, 0.1) is 0 Å². The minimum Gasteiger partial charge on any atom is -0.456 e. The lowest BCUT2D eigenvalue weighted by Gasteiger charge is -2.27. The van der Waals surface area contributed by atoms with Crippen molar-refractivity contribution in [3.8, 4) is 16.4 Å². The van der Waals surface area contributed by atoms with Crippen LogP contribution in [0.15, 0.2) is 52.3 Å². The average molecular weight is 541 g/mol. The van der Waals surface area contributed by atoms with Gasteiger partial charge in [0.25, 0.3) is 0 Å². The molecule has 4 nitrogen and oxygen atoms in total. The zero-order chi connectivity index (χ0) is 26.5. The van der Waals surface area contributed by atoms with Crippen LogP contribution in [0.2, 0.25) is 0 Å². The Morgan fingerprint density at radius 2 is 1.97 bits per heavy atom. The second-order valence-electron chi connectivity index (χ2n) is 9.24. The average Bonchev–Trinajstić information content (AvgIpc) is 3.35. The highest BCUT2D eigenvalue weighted by Crippen LogP contribution is 2.44. The van der Waals surface area contributed by atoms with Crippen molar-refractivity contribution >= 4 is 40.0 Å². The maximum atomic E-state index is 13.1. The van der Waals surface area contributed by atoms with E-state index in [1.807, 2.05) is 39.0 Å². The number of benzene rings is 1. The van der Waals surface area contributed by atoms with E-state index in [4.69, 9.17) is 9.15 Å². The molecule has 196 valence electrons. The molecule has 1 unspecified atom stereocenters. The number of unbranched alkanes of at least 4 members (excludes halogenated alkanes) is 2. The predicted octanol–water partition coefficient (Wildman–Crippen LogP) is 9.17. The number of carbonyl (C=O) groups is 1. The number of ether oxygens (including phenoxy) is 2. The van der Waals surface area contributed by atoms with Crippen molar-refractivity contribution in [3.63, 3.8) is 0 Å². The molecule has 0 saturated carbocycles. The molecule has 0 aliphatic rings. The van der Waals surface area contributed by atoms with Crippen molar-refractivity contribution < 1.29 is 31.9 Å². The molecule has 0 aliphatic heterocycles. The van der Waals surface area contributed by atoms with Crippen LogP contribution in [0.5, 0.6) is 5.75 Å². The molecule has 0 bridgehead atoms. The van der Waals surface area contributed by atoms with Gasteiger partial charge in [-0.15, -0.1) is 36.3 Å². The third kappa shape index (κ3) is 8.06. The second kappa shape index (κ2) is 11.8. The van der Waals surface area contributed by atoms with Crippen molar-refractivity contribution in [3.05, 3.63) is 47.9 Å². The standard InChI is InChI=1S/C27H31F3O4S2/c1-6-8-9-10-19-15-23(33-27(28,29)30)25(36-19)22-13-18-11-12-20(14-21(18)32-22)35-17(3)16-26(4,5)34-24(31)7-2/h7,11-15,17H,2,6,8-10,16H2,1,3-5H3. The largest absolute Gasteiger partial charge is 0.573 e. The van der Waals surface area contributed by atoms with Gasteiger partial charge in [0.15, 0.2) is 5.75 Å². The molecule has 3 aromatic rings. The summed E-state index contributed by atoms with van der Waals surface area (Å²) >= 11 is 2.88. The summed E-state index contributed by atoms with van der Waals surface area (Å²) in [4.78, 5) is 13.7. The summed E-state index contributed by atoms with van der Waals surface area (Å²) in [7, 11) is 0. The summed E-state index contributed by atoms with van der Waals surface area (Å²) in [6.45, 7) is 11.3. The number of furan rings is 1. The van der Waals surface area contributed by atoms with Gasteiger partial charge in [-0.05, 0) is 63.4 Å². The highest BCUT2D eigenvalue weighted by atomic mass is 32.2. The number of hydrogen-bond acceptors (Lipinski definition) is 6. The number of aryl methyl sites for hydroxylation is 1. The van der Waals surface area contributed by atoms with E-state index in [9.17, 15) is 18.0 Å². The molecule has 0 N–H and O–H groups in total. The van der Waals surface area contributed by atoms with E-state index in [0.29, 0.717) is 29.1 Å². The monoisotopic (exact) mass is 540 g/mol. The first kappa shape index (κ1) is 28.2. The van der Waals surface area contributed by atoms with Gasteiger partial charge in [-0.2, -0.15) is 0 Å². The SMILES string of the molecule is C=CC(=O)OC(C)(C)CC(C)Sc1ccc2cc(-c3sc(CCCCC)cc3OC(F)(F)F)oc2c1. The molecule has 0 aliphatic carbocycles. The Hall–Kier alpha value is -2.39. The van der Waals surface area contributed by atoms with Gasteiger partial charge in [0.05, 0.1) is 0 Å². The van der Waals surface area contributed by atoms with Crippen molar-refractivity contribution in [2.24, 2.45) is 0 Å². The van der Waals surface area contributed by atoms with E-state index >= 15 is 0 Å². The molecule has 2 aromatic heterocycles. The molecule has 2 heterocycles. The summed E-state index contributed by atoms with van der Waals surface area (Å²) in [5.74, 6) is -0.334. The second-order valence-corrected chi connectivity index (χ2v) is 11.9. The van der Waals surface area contributed by atoms with Gasteiger partial charge in [-0.1, -0.05) is 33.3 Å². The lowest BCUT2D eigenvalue weighted by Crippen LogP contribution is -2.30. The van der Waals surface area contributed by atoms with Gasteiger partial charge in [0, 0.05) is 26.5 Å². The van der Waals surface area contributed by atoms with Gasteiger partial charge in [-0.3, -0.25) is 0 Å². The van der Waals surface area contributed by atoms with Crippen LogP contribution < -0.4 is 4.74 Å². The van der Waals surface area contributed by atoms with E-state index in [1.54, 1.807) is 17.8 Å². The van der Waals surface area contributed by atoms with Gasteiger partial charge >= 0.3 is 12.3 Å². The minimum atomic E-state index is -4.78. The zero-order valence-electron chi connectivity index (χ0n) is 20.9. The molecule has 3 rings (SSSR count). The maximum absolute atomic E-state index is 13.1. The summed E-state index contributed by atoms with van der Waals surface area (Å²) in [6.07, 6.45) is 0.636. The Morgan fingerprint density at radius 1 is 1.22 bits per heavy atom. The fraction of sp³-hybridized carbons (Fsp3) is 0.444. The van der Waals surface area contributed by atoms with Gasteiger partial charge < -0.3 is 13.9 Å². The van der Waals surface area contributed by atoms with Crippen molar-refractivity contribution in [1.82, 2.24) is 0 Å². The first-order valence-corrected chi connectivity index (χ1v) is 13.5. The Labute approximate surface area is 217 Å². The highest BCUT2D eigenvalue weighted by molar-refractivity contribution is 8.00. The molecule has 0 amide bonds. The number of alkyl halides is 3. The molecule has 0 spiro atoms. The fourth-order valence-electron chi connectivity index (χ4n) is 3.99. The summed E-state index contributed by atoms with van der Waals surface area (Å²) in [5, 5.41) is 0.917. The molecule has 1 aromatic carbocycles. The van der Waals surface area contributed by atoms with E-state index < -0.39 is 17.9 Å². The smallest absolute Gasteiger partial charge is 0.456 e. The van der Waals surface area contributed by atoms with E-state index in [1.165, 1.54) is 17.4 Å².